The fourth-order valence-electron chi connectivity index (χ4n) is 5.53. The number of hydrogen-bond donors (Lipinski definition) is 0. The molecule has 1 saturated heterocycles. The van der Waals surface area contributed by atoms with Crippen molar-refractivity contribution in [2.45, 2.75) is 44.1 Å². The van der Waals surface area contributed by atoms with Crippen LogP contribution in [0.1, 0.15) is 49.0 Å². The van der Waals surface area contributed by atoms with Gasteiger partial charge in [0, 0.05) is 29.5 Å². The van der Waals surface area contributed by atoms with Gasteiger partial charge in [0.2, 0.25) is 0 Å². The van der Waals surface area contributed by atoms with Crippen LogP contribution in [0.15, 0.2) is 77.7 Å². The summed E-state index contributed by atoms with van der Waals surface area (Å²) in [5, 5.41) is 1.61. The summed E-state index contributed by atoms with van der Waals surface area (Å²) in [6.07, 6.45) is 4.75. The average molecular weight is 602 g/mol. The van der Waals surface area contributed by atoms with Gasteiger partial charge in [0.05, 0.1) is 18.1 Å². The molecule has 0 radical (unpaired) electrons. The minimum Gasteiger partial charge on any atom is -0.497 e. The molecule has 5 rings (SSSR count). The average Bonchev–Trinajstić information content (AvgIpc) is 3.00. The number of fused-ring (bicyclic) bond motifs is 1. The lowest BCUT2D eigenvalue weighted by atomic mass is 9.89. The number of ether oxygens (including phenoxy) is 3. The molecule has 0 bridgehead atoms. The number of carbonyl (C=O) groups excluding carboxylic acids is 1. The third kappa shape index (κ3) is 7.20. The fourth-order valence-corrected chi connectivity index (χ4v) is 6.17. The fraction of sp³-hybridized carbons (Fsp3) is 0.343. The Morgan fingerprint density at radius 3 is 2.23 bits per heavy atom. The van der Waals surface area contributed by atoms with Crippen molar-refractivity contribution in [2.75, 3.05) is 39.6 Å². The van der Waals surface area contributed by atoms with Gasteiger partial charge in [0.15, 0.2) is 15.6 Å². The van der Waals surface area contributed by atoms with Crippen LogP contribution >= 0.6 is 0 Å². The molecule has 0 spiro atoms. The number of benzene rings is 4. The zero-order valence-corrected chi connectivity index (χ0v) is 26.1. The van der Waals surface area contributed by atoms with Crippen molar-refractivity contribution in [2.24, 2.45) is 0 Å². The molecular weight excluding hydrogens is 562 g/mol. The Balaban J connectivity index is 1.53. The van der Waals surface area contributed by atoms with Gasteiger partial charge in [-0.05, 0) is 117 Å². The number of hydrogen-bond acceptors (Lipinski definition) is 7. The smallest absolute Gasteiger partial charge is 0.194 e. The summed E-state index contributed by atoms with van der Waals surface area (Å²) in [4.78, 5) is 16.9. The van der Waals surface area contributed by atoms with E-state index in [0.717, 1.165) is 36.2 Å². The summed E-state index contributed by atoms with van der Waals surface area (Å²) in [5.41, 5.74) is 2.31. The number of methoxy groups -OCH3 is 1. The third-order valence-corrected chi connectivity index (χ3v) is 8.84. The maximum Gasteiger partial charge on any atom is 0.194 e. The first-order valence-electron chi connectivity index (χ1n) is 14.8. The van der Waals surface area contributed by atoms with E-state index < -0.39 is 9.84 Å². The topological polar surface area (TPSA) is 82.1 Å². The van der Waals surface area contributed by atoms with Crippen LogP contribution in [0, 0.1) is 0 Å². The van der Waals surface area contributed by atoms with Crippen molar-refractivity contribution in [3.63, 3.8) is 0 Å². The minimum atomic E-state index is -3.46. The van der Waals surface area contributed by atoms with Crippen LogP contribution in [-0.4, -0.2) is 64.8 Å². The molecule has 0 saturated carbocycles. The number of rotatable bonds is 11. The van der Waals surface area contributed by atoms with Gasteiger partial charge in [-0.3, -0.25) is 9.69 Å². The molecule has 0 aliphatic carbocycles. The van der Waals surface area contributed by atoms with Gasteiger partial charge in [-0.25, -0.2) is 8.42 Å². The molecule has 1 heterocycles. The molecule has 0 unspecified atom stereocenters. The van der Waals surface area contributed by atoms with Crippen molar-refractivity contribution in [3.8, 4) is 28.4 Å². The van der Waals surface area contributed by atoms with E-state index in [2.05, 4.69) is 4.90 Å². The Morgan fingerprint density at radius 1 is 0.860 bits per heavy atom. The molecule has 8 heteroatoms. The first kappa shape index (κ1) is 30.6. The van der Waals surface area contributed by atoms with E-state index in [1.165, 1.54) is 31.6 Å². The predicted octanol–water partition coefficient (Wildman–Crippen LogP) is 6.80. The van der Waals surface area contributed by atoms with E-state index in [-0.39, 0.29) is 16.8 Å². The monoisotopic (exact) mass is 601 g/mol. The minimum absolute atomic E-state index is 0.154. The van der Waals surface area contributed by atoms with Crippen LogP contribution in [0.25, 0.3) is 21.9 Å². The maximum atomic E-state index is 14.3. The lowest BCUT2D eigenvalue weighted by molar-refractivity contribution is 0.104. The quantitative estimate of drug-likeness (QED) is 0.175. The Bertz CT molecular complexity index is 1710. The molecule has 7 nitrogen and oxygen atoms in total. The standard InChI is InChI=1S/C35H39NO6S/c1-24(2)42-33-23-29(43(4,38)39)14-17-31(33)32-15-10-26-22-28(40-3)13-16-30(26)34(32)35(37)25-8-11-27(12-9-25)41-21-20-36-18-6-5-7-19-36/h8-17,22-24H,5-7,18-21H2,1-4H3. The van der Waals surface area contributed by atoms with E-state index in [1.807, 2.05) is 56.3 Å². The van der Waals surface area contributed by atoms with Gasteiger partial charge in [-0.2, -0.15) is 0 Å². The number of piperidine rings is 1. The number of ketones is 1. The molecule has 1 fully saturated rings. The van der Waals surface area contributed by atoms with Gasteiger partial charge in [0.25, 0.3) is 0 Å². The second-order valence-corrected chi connectivity index (χ2v) is 13.3. The maximum absolute atomic E-state index is 14.3. The van der Waals surface area contributed by atoms with Crippen LogP contribution in [0.4, 0.5) is 0 Å². The van der Waals surface area contributed by atoms with Gasteiger partial charge < -0.3 is 14.2 Å². The molecule has 226 valence electrons. The molecule has 0 aromatic heterocycles. The molecule has 1 aliphatic heterocycles. The van der Waals surface area contributed by atoms with Crippen molar-refractivity contribution in [1.29, 1.82) is 0 Å². The van der Waals surface area contributed by atoms with E-state index in [0.29, 0.717) is 40.4 Å². The lowest BCUT2D eigenvalue weighted by Crippen LogP contribution is -2.33. The summed E-state index contributed by atoms with van der Waals surface area (Å²) in [6.45, 7) is 7.50. The molecule has 4 aromatic carbocycles. The summed E-state index contributed by atoms with van der Waals surface area (Å²) in [7, 11) is -1.86. The van der Waals surface area contributed by atoms with Crippen molar-refractivity contribution in [3.05, 3.63) is 83.9 Å². The SMILES string of the molecule is COc1ccc2c(C(=O)c3ccc(OCCN4CCCCC4)cc3)c(-c3ccc(S(C)(=O)=O)cc3OC(C)C)ccc2c1. The Hall–Kier alpha value is -3.88. The van der Waals surface area contributed by atoms with Crippen LogP contribution in [0.2, 0.25) is 0 Å². The van der Waals surface area contributed by atoms with Gasteiger partial charge in [-0.1, -0.05) is 18.6 Å². The van der Waals surface area contributed by atoms with Gasteiger partial charge >= 0.3 is 0 Å². The van der Waals surface area contributed by atoms with E-state index >= 15 is 0 Å². The largest absolute Gasteiger partial charge is 0.497 e. The first-order chi connectivity index (χ1) is 20.6. The normalized spacial score (nSPS) is 14.2. The van der Waals surface area contributed by atoms with Crippen LogP contribution in [-0.2, 0) is 9.84 Å². The predicted molar refractivity (Wildman–Crippen MR) is 170 cm³/mol. The highest BCUT2D eigenvalue weighted by Gasteiger charge is 2.23. The van der Waals surface area contributed by atoms with Crippen LogP contribution < -0.4 is 14.2 Å². The van der Waals surface area contributed by atoms with E-state index in [1.54, 1.807) is 31.4 Å². The lowest BCUT2D eigenvalue weighted by Gasteiger charge is -2.26. The molecular formula is C35H39NO6S. The Morgan fingerprint density at radius 2 is 1.56 bits per heavy atom. The van der Waals surface area contributed by atoms with E-state index in [4.69, 9.17) is 14.2 Å². The van der Waals surface area contributed by atoms with Crippen LogP contribution in [0.3, 0.4) is 0 Å². The summed E-state index contributed by atoms with van der Waals surface area (Å²) in [5.74, 6) is 1.65. The van der Waals surface area contributed by atoms with Crippen molar-refractivity contribution in [1.82, 2.24) is 4.90 Å². The molecule has 0 atom stereocenters. The number of nitrogens with zero attached hydrogens (tertiary/aromatic N) is 1. The highest BCUT2D eigenvalue weighted by Crippen LogP contribution is 2.39. The first-order valence-corrected chi connectivity index (χ1v) is 16.6. The second-order valence-electron chi connectivity index (χ2n) is 11.3. The Labute approximate surface area is 254 Å². The highest BCUT2D eigenvalue weighted by molar-refractivity contribution is 7.90. The number of likely N-dealkylation sites (tertiary alicyclic amines) is 1. The van der Waals surface area contributed by atoms with Gasteiger partial charge in [0.1, 0.15) is 23.9 Å². The van der Waals surface area contributed by atoms with Gasteiger partial charge in [-0.15, -0.1) is 0 Å². The summed E-state index contributed by atoms with van der Waals surface area (Å²) < 4.78 is 42.2. The summed E-state index contributed by atoms with van der Waals surface area (Å²) in [6, 6.07) is 21.5. The molecule has 4 aromatic rings. The Kier molecular flexibility index (Phi) is 9.37. The second kappa shape index (κ2) is 13.2. The van der Waals surface area contributed by atoms with Crippen molar-refractivity contribution >= 4 is 26.4 Å². The number of sulfone groups is 1. The van der Waals surface area contributed by atoms with Crippen LogP contribution in [0.5, 0.6) is 17.2 Å². The molecule has 43 heavy (non-hydrogen) atoms. The molecule has 0 N–H and O–H groups in total. The molecule has 1 aliphatic rings. The zero-order chi connectivity index (χ0) is 30.6. The highest BCUT2D eigenvalue weighted by atomic mass is 32.2. The zero-order valence-electron chi connectivity index (χ0n) is 25.3. The summed E-state index contributed by atoms with van der Waals surface area (Å²) >= 11 is 0. The third-order valence-electron chi connectivity index (χ3n) is 7.73. The molecule has 0 amide bonds. The number of carbonyl (C=O) groups is 1. The van der Waals surface area contributed by atoms with Crippen molar-refractivity contribution < 1.29 is 27.4 Å². The van der Waals surface area contributed by atoms with E-state index in [9.17, 15) is 13.2 Å².